The summed E-state index contributed by atoms with van der Waals surface area (Å²) in [4.78, 5) is 18.6. The van der Waals surface area contributed by atoms with Crippen molar-refractivity contribution in [3.05, 3.63) is 47.2 Å². The number of aromatic nitrogens is 2. The molecule has 110 valence electrons. The van der Waals surface area contributed by atoms with E-state index >= 15 is 0 Å². The molecule has 2 aromatic carbocycles. The minimum absolute atomic E-state index is 0.304. The first-order valence-electron chi connectivity index (χ1n) is 7.15. The summed E-state index contributed by atoms with van der Waals surface area (Å²) in [5.74, 6) is 4.96. The molecule has 0 unspecified atom stereocenters. The van der Waals surface area contributed by atoms with Crippen LogP contribution in [0.15, 0.2) is 30.3 Å². The number of nitrogens with one attached hydrogen (secondary N) is 3. The third kappa shape index (κ3) is 1.54. The number of nitrogen functional groups attached to an aromatic ring is 1. The fraction of sp³-hybridized carbons (Fsp3) is 0.118. The number of rotatable bonds is 1. The number of carbonyl (C=O) groups is 1. The average Bonchev–Trinajstić information content (AvgIpc) is 3.06. The first-order valence-corrected chi connectivity index (χ1v) is 7.15. The quantitative estimate of drug-likeness (QED) is 0.247. The lowest BCUT2D eigenvalue weighted by atomic mass is 10.0. The number of benzene rings is 2. The van der Waals surface area contributed by atoms with Crippen molar-refractivity contribution in [2.75, 3.05) is 0 Å². The van der Waals surface area contributed by atoms with Gasteiger partial charge >= 0.3 is 0 Å². The Bertz CT molecular complexity index is 1060. The molecule has 5 heteroatoms. The van der Waals surface area contributed by atoms with Gasteiger partial charge in [0.15, 0.2) is 0 Å². The molecular weight excluding hydrogens is 276 g/mol. The van der Waals surface area contributed by atoms with Gasteiger partial charge in [-0.25, -0.2) is 5.84 Å². The van der Waals surface area contributed by atoms with Crippen LogP contribution in [0.3, 0.4) is 0 Å². The van der Waals surface area contributed by atoms with Gasteiger partial charge < -0.3 is 9.97 Å². The van der Waals surface area contributed by atoms with Gasteiger partial charge in [0, 0.05) is 27.2 Å². The molecule has 0 atom stereocenters. The Labute approximate surface area is 126 Å². The highest BCUT2D eigenvalue weighted by Crippen LogP contribution is 2.35. The second-order valence-corrected chi connectivity index (χ2v) is 5.62. The van der Waals surface area contributed by atoms with E-state index in [1.54, 1.807) is 0 Å². The van der Waals surface area contributed by atoms with Crippen molar-refractivity contribution in [1.82, 2.24) is 15.4 Å². The molecule has 0 fully saturated rings. The van der Waals surface area contributed by atoms with Crippen LogP contribution in [0, 0.1) is 13.8 Å². The summed E-state index contributed by atoms with van der Waals surface area (Å²) in [5, 5.41) is 3.40. The van der Waals surface area contributed by atoms with E-state index in [2.05, 4.69) is 40.5 Å². The van der Waals surface area contributed by atoms with Gasteiger partial charge in [-0.05, 0) is 37.1 Å². The Morgan fingerprint density at radius 3 is 2.59 bits per heavy atom. The zero-order valence-electron chi connectivity index (χ0n) is 12.4. The van der Waals surface area contributed by atoms with E-state index in [1.807, 2.05) is 19.1 Å². The van der Waals surface area contributed by atoms with Crippen molar-refractivity contribution in [3.63, 3.8) is 0 Å². The SMILES string of the molecule is Cc1c(C(=O)NN)[nH]c2cc3c([nH]c4ccccc43)c(C)c12. The monoisotopic (exact) mass is 292 g/mol. The lowest BCUT2D eigenvalue weighted by Crippen LogP contribution is -2.30. The van der Waals surface area contributed by atoms with Crippen LogP contribution in [0.4, 0.5) is 0 Å². The van der Waals surface area contributed by atoms with E-state index < -0.39 is 0 Å². The van der Waals surface area contributed by atoms with Crippen molar-refractivity contribution in [1.29, 1.82) is 0 Å². The number of hydrogen-bond donors (Lipinski definition) is 4. The van der Waals surface area contributed by atoms with Crippen LogP contribution in [-0.4, -0.2) is 15.9 Å². The van der Waals surface area contributed by atoms with Crippen LogP contribution in [-0.2, 0) is 0 Å². The molecule has 2 heterocycles. The summed E-state index contributed by atoms with van der Waals surface area (Å²) < 4.78 is 0. The molecule has 1 amide bonds. The average molecular weight is 292 g/mol. The summed E-state index contributed by atoms with van der Waals surface area (Å²) in [6.07, 6.45) is 0. The Morgan fingerprint density at radius 1 is 1.05 bits per heavy atom. The Hall–Kier alpha value is -2.79. The number of carbonyl (C=O) groups excluding carboxylic acids is 1. The maximum absolute atomic E-state index is 11.9. The molecule has 0 aliphatic heterocycles. The molecule has 5 nitrogen and oxygen atoms in total. The Balaban J connectivity index is 2.17. The van der Waals surface area contributed by atoms with Crippen molar-refractivity contribution in [3.8, 4) is 0 Å². The molecule has 0 bridgehead atoms. The number of fused-ring (bicyclic) bond motifs is 4. The second kappa shape index (κ2) is 4.35. The number of nitrogens with two attached hydrogens (primary N) is 1. The summed E-state index contributed by atoms with van der Waals surface area (Å²) in [6.45, 7) is 4.01. The molecule has 0 saturated carbocycles. The number of amides is 1. The van der Waals surface area contributed by atoms with Gasteiger partial charge in [-0.2, -0.15) is 0 Å². The Kier molecular flexibility index (Phi) is 2.55. The standard InChI is InChI=1S/C17H16N4O/c1-8-14-9(2)16(17(22)21-18)20-13(14)7-11-10-5-3-4-6-12(10)19-15(8)11/h3-7,19-20H,18H2,1-2H3,(H,21,22). The van der Waals surface area contributed by atoms with Gasteiger partial charge in [-0.1, -0.05) is 18.2 Å². The number of aromatic amines is 2. The van der Waals surface area contributed by atoms with Gasteiger partial charge in [0.1, 0.15) is 5.69 Å². The molecule has 4 aromatic rings. The molecule has 2 aromatic heterocycles. The lowest BCUT2D eigenvalue weighted by molar-refractivity contribution is 0.0949. The van der Waals surface area contributed by atoms with E-state index in [9.17, 15) is 4.79 Å². The molecule has 22 heavy (non-hydrogen) atoms. The van der Waals surface area contributed by atoms with Gasteiger partial charge in [-0.15, -0.1) is 0 Å². The van der Waals surface area contributed by atoms with Crippen molar-refractivity contribution < 1.29 is 4.79 Å². The highest BCUT2D eigenvalue weighted by atomic mass is 16.2. The lowest BCUT2D eigenvalue weighted by Gasteiger charge is -2.01. The van der Waals surface area contributed by atoms with Crippen LogP contribution in [0.25, 0.3) is 32.7 Å². The molecule has 4 rings (SSSR count). The summed E-state index contributed by atoms with van der Waals surface area (Å²) in [6, 6.07) is 10.3. The summed E-state index contributed by atoms with van der Waals surface area (Å²) in [5.41, 5.74) is 7.92. The number of hydrazine groups is 1. The summed E-state index contributed by atoms with van der Waals surface area (Å²) in [7, 11) is 0. The van der Waals surface area contributed by atoms with Gasteiger partial charge in [0.05, 0.1) is 5.52 Å². The zero-order valence-corrected chi connectivity index (χ0v) is 12.4. The zero-order chi connectivity index (χ0) is 15.4. The van der Waals surface area contributed by atoms with E-state index in [4.69, 9.17) is 5.84 Å². The highest BCUT2D eigenvalue weighted by molar-refractivity contribution is 6.15. The normalized spacial score (nSPS) is 11.6. The molecule has 0 radical (unpaired) electrons. The van der Waals surface area contributed by atoms with Crippen LogP contribution in [0.1, 0.15) is 21.6 Å². The van der Waals surface area contributed by atoms with Crippen LogP contribution in [0.2, 0.25) is 0 Å². The van der Waals surface area contributed by atoms with Crippen molar-refractivity contribution in [2.24, 2.45) is 5.84 Å². The first kappa shape index (κ1) is 12.9. The molecule has 0 aliphatic carbocycles. The summed E-state index contributed by atoms with van der Waals surface area (Å²) >= 11 is 0. The van der Waals surface area contributed by atoms with Crippen molar-refractivity contribution in [2.45, 2.75) is 13.8 Å². The predicted molar refractivity (Wildman–Crippen MR) is 88.8 cm³/mol. The number of aryl methyl sites for hydroxylation is 2. The fourth-order valence-corrected chi connectivity index (χ4v) is 3.39. The number of H-pyrrole nitrogens is 2. The van der Waals surface area contributed by atoms with Gasteiger partial charge in [-0.3, -0.25) is 10.2 Å². The van der Waals surface area contributed by atoms with Crippen LogP contribution in [0.5, 0.6) is 0 Å². The first-order chi connectivity index (χ1) is 10.6. The predicted octanol–water partition coefficient (Wildman–Crippen LogP) is 3.02. The topological polar surface area (TPSA) is 86.7 Å². The minimum atomic E-state index is -0.304. The van der Waals surface area contributed by atoms with Crippen LogP contribution < -0.4 is 11.3 Å². The van der Waals surface area contributed by atoms with Gasteiger partial charge in [0.2, 0.25) is 0 Å². The van der Waals surface area contributed by atoms with E-state index in [0.717, 1.165) is 38.4 Å². The number of para-hydroxylation sites is 1. The largest absolute Gasteiger partial charge is 0.354 e. The van der Waals surface area contributed by atoms with Gasteiger partial charge in [0.25, 0.3) is 5.91 Å². The molecule has 0 saturated heterocycles. The molecule has 0 aliphatic rings. The molecule has 0 spiro atoms. The smallest absolute Gasteiger partial charge is 0.281 e. The molecule has 5 N–H and O–H groups in total. The van der Waals surface area contributed by atoms with E-state index in [1.165, 1.54) is 5.39 Å². The minimum Gasteiger partial charge on any atom is -0.354 e. The van der Waals surface area contributed by atoms with E-state index in [-0.39, 0.29) is 5.91 Å². The number of hydrogen-bond acceptors (Lipinski definition) is 2. The maximum atomic E-state index is 11.9. The fourth-order valence-electron chi connectivity index (χ4n) is 3.39. The third-order valence-electron chi connectivity index (χ3n) is 4.42. The van der Waals surface area contributed by atoms with E-state index in [0.29, 0.717) is 5.69 Å². The van der Waals surface area contributed by atoms with Crippen LogP contribution >= 0.6 is 0 Å². The third-order valence-corrected chi connectivity index (χ3v) is 4.42. The van der Waals surface area contributed by atoms with Crippen molar-refractivity contribution >= 4 is 38.6 Å². The molecular formula is C17H16N4O. The second-order valence-electron chi connectivity index (χ2n) is 5.62. The maximum Gasteiger partial charge on any atom is 0.281 e. The Morgan fingerprint density at radius 2 is 1.82 bits per heavy atom. The highest BCUT2D eigenvalue weighted by Gasteiger charge is 2.18.